The van der Waals surface area contributed by atoms with Crippen LogP contribution >= 0.6 is 0 Å². The van der Waals surface area contributed by atoms with E-state index in [0.29, 0.717) is 12.4 Å². The zero-order valence-electron chi connectivity index (χ0n) is 8.21. The number of hydrogen-bond acceptors (Lipinski definition) is 4. The molecule has 5 nitrogen and oxygen atoms in total. The Hall–Kier alpha value is -1.65. The lowest BCUT2D eigenvalue weighted by atomic mass is 10.2. The molecule has 1 aromatic rings. The van der Waals surface area contributed by atoms with E-state index in [-0.39, 0.29) is 0 Å². The van der Waals surface area contributed by atoms with Gasteiger partial charge in [-0.05, 0) is 12.5 Å². The van der Waals surface area contributed by atoms with Gasteiger partial charge in [0.15, 0.2) is 0 Å². The minimum Gasteiger partial charge on any atom is -0.480 e. The average Bonchev–Trinajstić information content (AvgIpc) is 2.19. The second kappa shape index (κ2) is 4.55. The normalized spacial score (nSPS) is 12.1. The van der Waals surface area contributed by atoms with E-state index in [9.17, 15) is 4.79 Å². The lowest BCUT2D eigenvalue weighted by Gasteiger charge is -2.23. The summed E-state index contributed by atoms with van der Waals surface area (Å²) in [7, 11) is 1.68. The second-order valence-corrected chi connectivity index (χ2v) is 2.92. The van der Waals surface area contributed by atoms with Gasteiger partial charge >= 0.3 is 5.97 Å². The molecule has 0 radical (unpaired) electrons. The molecule has 1 heterocycles. The second-order valence-electron chi connectivity index (χ2n) is 2.92. The Labute approximate surface area is 82.4 Å². The summed E-state index contributed by atoms with van der Waals surface area (Å²) in [5.41, 5.74) is 0. The fourth-order valence-electron chi connectivity index (χ4n) is 1.23. The minimum absolute atomic E-state index is 0.432. The molecule has 0 saturated carbocycles. The average molecular weight is 195 g/mol. The number of carboxylic acid groups (broad SMARTS) is 1. The maximum Gasteiger partial charge on any atom is 0.326 e. The van der Waals surface area contributed by atoms with Crippen molar-refractivity contribution >= 4 is 11.9 Å². The molecule has 0 bridgehead atoms. The van der Waals surface area contributed by atoms with E-state index < -0.39 is 12.0 Å². The molecule has 0 fully saturated rings. The molecule has 0 aliphatic rings. The van der Waals surface area contributed by atoms with Crippen molar-refractivity contribution in [2.24, 2.45) is 0 Å². The Morgan fingerprint density at radius 2 is 2.14 bits per heavy atom. The largest absolute Gasteiger partial charge is 0.480 e. The highest BCUT2D eigenvalue weighted by molar-refractivity contribution is 5.76. The van der Waals surface area contributed by atoms with Crippen LogP contribution in [0.15, 0.2) is 18.5 Å². The predicted molar refractivity (Wildman–Crippen MR) is 52.1 cm³/mol. The van der Waals surface area contributed by atoms with Crippen molar-refractivity contribution in [3.63, 3.8) is 0 Å². The molecule has 14 heavy (non-hydrogen) atoms. The fraction of sp³-hybridized carbons (Fsp3) is 0.444. The van der Waals surface area contributed by atoms with Crippen molar-refractivity contribution in [1.82, 2.24) is 9.97 Å². The predicted octanol–water partition coefficient (Wildman–Crippen LogP) is 0.776. The number of nitrogens with zero attached hydrogens (tertiary/aromatic N) is 3. The summed E-state index contributed by atoms with van der Waals surface area (Å²) in [6, 6.07) is 1.12. The first kappa shape index (κ1) is 10.4. The molecule has 0 aliphatic heterocycles. The van der Waals surface area contributed by atoms with Crippen LogP contribution in [0.5, 0.6) is 0 Å². The SMILES string of the molecule is CCC(C(=O)O)N(C)c1ncccn1. The monoisotopic (exact) mass is 195 g/mol. The van der Waals surface area contributed by atoms with Gasteiger partial charge in [-0.2, -0.15) is 0 Å². The van der Waals surface area contributed by atoms with E-state index >= 15 is 0 Å². The molecular formula is C9H13N3O2. The first-order valence-electron chi connectivity index (χ1n) is 4.39. The molecule has 0 saturated heterocycles. The maximum absolute atomic E-state index is 10.8. The van der Waals surface area contributed by atoms with Gasteiger partial charge in [0, 0.05) is 19.4 Å². The zero-order chi connectivity index (χ0) is 10.6. The molecule has 1 rings (SSSR count). The Kier molecular flexibility index (Phi) is 3.39. The van der Waals surface area contributed by atoms with Crippen LogP contribution in [0.2, 0.25) is 0 Å². The Bertz CT molecular complexity index is 302. The van der Waals surface area contributed by atoms with Gasteiger partial charge in [0.2, 0.25) is 5.95 Å². The molecule has 76 valence electrons. The highest BCUT2D eigenvalue weighted by Crippen LogP contribution is 2.09. The minimum atomic E-state index is -0.859. The van der Waals surface area contributed by atoms with E-state index in [2.05, 4.69) is 9.97 Å². The number of aliphatic carboxylic acids is 1. The fourth-order valence-corrected chi connectivity index (χ4v) is 1.23. The molecular weight excluding hydrogens is 182 g/mol. The van der Waals surface area contributed by atoms with Crippen LogP contribution < -0.4 is 4.90 Å². The van der Waals surface area contributed by atoms with Crippen molar-refractivity contribution in [1.29, 1.82) is 0 Å². The van der Waals surface area contributed by atoms with Gasteiger partial charge in [0.25, 0.3) is 0 Å². The van der Waals surface area contributed by atoms with Crippen LogP contribution in [0, 0.1) is 0 Å². The molecule has 0 amide bonds. The molecule has 0 aliphatic carbocycles. The number of anilines is 1. The van der Waals surface area contributed by atoms with Crippen LogP contribution in [0.4, 0.5) is 5.95 Å². The summed E-state index contributed by atoms with van der Waals surface area (Å²) in [5, 5.41) is 8.91. The Balaban J connectivity index is 2.83. The van der Waals surface area contributed by atoms with Crippen LogP contribution in [0.1, 0.15) is 13.3 Å². The topological polar surface area (TPSA) is 66.3 Å². The summed E-state index contributed by atoms with van der Waals surface area (Å²) in [6.07, 6.45) is 3.70. The van der Waals surface area contributed by atoms with Crippen molar-refractivity contribution in [2.45, 2.75) is 19.4 Å². The van der Waals surface area contributed by atoms with Crippen LogP contribution in [0.25, 0.3) is 0 Å². The molecule has 1 N–H and O–H groups in total. The third kappa shape index (κ3) is 2.18. The standard InChI is InChI=1S/C9H13N3O2/c1-3-7(8(13)14)12(2)9-10-5-4-6-11-9/h4-7H,3H2,1-2H3,(H,13,14). The van der Waals surface area contributed by atoms with Gasteiger partial charge in [0.1, 0.15) is 6.04 Å². The van der Waals surface area contributed by atoms with Gasteiger partial charge in [-0.1, -0.05) is 6.92 Å². The summed E-state index contributed by atoms with van der Waals surface area (Å²) in [6.45, 7) is 1.82. The lowest BCUT2D eigenvalue weighted by molar-refractivity contribution is -0.138. The molecule has 1 aromatic heterocycles. The molecule has 5 heteroatoms. The molecule has 1 atom stereocenters. The summed E-state index contributed by atoms with van der Waals surface area (Å²) in [4.78, 5) is 20.4. The zero-order valence-corrected chi connectivity index (χ0v) is 8.21. The quantitative estimate of drug-likeness (QED) is 0.768. The third-order valence-corrected chi connectivity index (χ3v) is 2.01. The van der Waals surface area contributed by atoms with Crippen LogP contribution in [-0.4, -0.2) is 34.1 Å². The van der Waals surface area contributed by atoms with Gasteiger partial charge < -0.3 is 10.0 Å². The summed E-state index contributed by atoms with van der Waals surface area (Å²) < 4.78 is 0. The first-order chi connectivity index (χ1) is 6.66. The Morgan fingerprint density at radius 1 is 1.57 bits per heavy atom. The number of likely N-dealkylation sites (N-methyl/N-ethyl adjacent to an activating group) is 1. The van der Waals surface area contributed by atoms with E-state index in [1.54, 1.807) is 30.4 Å². The van der Waals surface area contributed by atoms with Crippen LogP contribution in [-0.2, 0) is 4.79 Å². The summed E-state index contributed by atoms with van der Waals surface area (Å²) >= 11 is 0. The highest BCUT2D eigenvalue weighted by Gasteiger charge is 2.21. The molecule has 1 unspecified atom stereocenters. The van der Waals surface area contributed by atoms with Crippen molar-refractivity contribution in [2.75, 3.05) is 11.9 Å². The van der Waals surface area contributed by atoms with Gasteiger partial charge in [-0.3, -0.25) is 0 Å². The molecule has 0 aromatic carbocycles. The number of carboxylic acids is 1. The van der Waals surface area contributed by atoms with Gasteiger partial charge in [-0.15, -0.1) is 0 Å². The van der Waals surface area contributed by atoms with Crippen molar-refractivity contribution in [3.05, 3.63) is 18.5 Å². The maximum atomic E-state index is 10.8. The number of aromatic nitrogens is 2. The van der Waals surface area contributed by atoms with E-state index in [1.807, 2.05) is 6.92 Å². The van der Waals surface area contributed by atoms with E-state index in [0.717, 1.165) is 0 Å². The summed E-state index contributed by atoms with van der Waals surface area (Å²) in [5.74, 6) is -0.427. The smallest absolute Gasteiger partial charge is 0.326 e. The van der Waals surface area contributed by atoms with E-state index in [4.69, 9.17) is 5.11 Å². The number of carbonyl (C=O) groups is 1. The Morgan fingerprint density at radius 3 is 2.57 bits per heavy atom. The van der Waals surface area contributed by atoms with Gasteiger partial charge in [-0.25, -0.2) is 14.8 Å². The number of hydrogen-bond donors (Lipinski definition) is 1. The highest BCUT2D eigenvalue weighted by atomic mass is 16.4. The van der Waals surface area contributed by atoms with Crippen molar-refractivity contribution in [3.8, 4) is 0 Å². The van der Waals surface area contributed by atoms with E-state index in [1.165, 1.54) is 0 Å². The van der Waals surface area contributed by atoms with Crippen molar-refractivity contribution < 1.29 is 9.90 Å². The molecule has 0 spiro atoms. The van der Waals surface area contributed by atoms with Crippen LogP contribution in [0.3, 0.4) is 0 Å². The lowest BCUT2D eigenvalue weighted by Crippen LogP contribution is -2.38. The number of rotatable bonds is 4. The first-order valence-corrected chi connectivity index (χ1v) is 4.39. The third-order valence-electron chi connectivity index (χ3n) is 2.01. The van der Waals surface area contributed by atoms with Gasteiger partial charge in [0.05, 0.1) is 0 Å².